The number of rotatable bonds is 7. The number of fused-ring (bicyclic) bond motifs is 1. The van der Waals surface area contributed by atoms with E-state index in [1.54, 1.807) is 50.4 Å². The number of aromatic nitrogens is 1. The molecule has 3 aromatic rings. The summed E-state index contributed by atoms with van der Waals surface area (Å²) in [4.78, 5) is 1.81. The molecule has 0 aliphatic heterocycles. The quantitative estimate of drug-likeness (QED) is 0.583. The van der Waals surface area contributed by atoms with Gasteiger partial charge in [0.2, 0.25) is 10.0 Å². The Balaban J connectivity index is 2.01. The molecule has 3 rings (SSSR count). The number of hydrogen-bond acceptors (Lipinski definition) is 3. The lowest BCUT2D eigenvalue weighted by molar-refractivity contribution is -0.154. The number of benzene rings is 2. The Hall–Kier alpha value is -2.36. The fourth-order valence-electron chi connectivity index (χ4n) is 3.81. The van der Waals surface area contributed by atoms with E-state index >= 15 is 0 Å². The fraction of sp³-hybridized carbons (Fsp3) is 0.364. The predicted molar refractivity (Wildman–Crippen MR) is 115 cm³/mol. The number of hydrogen-bond donors (Lipinski definition) is 1. The van der Waals surface area contributed by atoms with Gasteiger partial charge in [0, 0.05) is 30.2 Å². The van der Waals surface area contributed by atoms with Crippen molar-refractivity contribution in [3.05, 3.63) is 65.4 Å². The third-order valence-corrected chi connectivity index (χ3v) is 6.88. The number of sulfonamides is 1. The molecule has 9 heteroatoms. The molecule has 1 heterocycles. The Morgan fingerprint density at radius 3 is 2.23 bits per heavy atom. The number of nitrogens with one attached hydrogen (secondary N) is 1. The first kappa shape index (κ1) is 23.3. The summed E-state index contributed by atoms with van der Waals surface area (Å²) in [6.07, 6.45) is -3.10. The molecule has 0 amide bonds. The highest BCUT2D eigenvalue weighted by Crippen LogP contribution is 2.28. The summed E-state index contributed by atoms with van der Waals surface area (Å²) >= 11 is 0. The van der Waals surface area contributed by atoms with Gasteiger partial charge in [-0.3, -0.25) is 0 Å². The third kappa shape index (κ3) is 5.11. The molecule has 2 aromatic carbocycles. The van der Waals surface area contributed by atoms with Crippen molar-refractivity contribution in [2.45, 2.75) is 44.1 Å². The molecular formula is C22H26F3N3O2S. The van der Waals surface area contributed by atoms with E-state index in [2.05, 4.69) is 0 Å². The molecule has 0 saturated heterocycles. The Labute approximate surface area is 180 Å². The average Bonchev–Trinajstić information content (AvgIpc) is 2.97. The van der Waals surface area contributed by atoms with E-state index in [9.17, 15) is 21.6 Å². The average molecular weight is 454 g/mol. The summed E-state index contributed by atoms with van der Waals surface area (Å²) < 4.78 is 71.0. The third-order valence-electron chi connectivity index (χ3n) is 5.11. The van der Waals surface area contributed by atoms with Crippen LogP contribution in [0.1, 0.15) is 16.7 Å². The minimum atomic E-state index is -4.77. The van der Waals surface area contributed by atoms with Gasteiger partial charge in [-0.05, 0) is 50.7 Å². The van der Waals surface area contributed by atoms with Gasteiger partial charge < -0.3 is 9.47 Å². The summed E-state index contributed by atoms with van der Waals surface area (Å²) in [6.45, 7) is 3.12. The largest absolute Gasteiger partial charge is 0.406 e. The van der Waals surface area contributed by atoms with Crippen molar-refractivity contribution in [3.63, 3.8) is 0 Å². The molecule has 0 spiro atoms. The summed E-state index contributed by atoms with van der Waals surface area (Å²) in [5.74, 6) is 0. The van der Waals surface area contributed by atoms with Crippen LogP contribution in [0.25, 0.3) is 10.9 Å². The maximum absolute atomic E-state index is 13.9. The molecule has 1 N–H and O–H groups in total. The maximum Gasteiger partial charge on any atom is 0.406 e. The zero-order chi connectivity index (χ0) is 23.0. The molecule has 0 saturated carbocycles. The monoisotopic (exact) mass is 453 g/mol. The van der Waals surface area contributed by atoms with Gasteiger partial charge in [-0.1, -0.05) is 36.4 Å². The van der Waals surface area contributed by atoms with Crippen LogP contribution >= 0.6 is 0 Å². The van der Waals surface area contributed by atoms with Crippen molar-refractivity contribution in [3.8, 4) is 0 Å². The smallest absolute Gasteiger partial charge is 0.345 e. The van der Waals surface area contributed by atoms with Gasteiger partial charge in [0.1, 0.15) is 6.04 Å². The van der Waals surface area contributed by atoms with Gasteiger partial charge in [-0.15, -0.1) is 0 Å². The first-order valence-electron chi connectivity index (χ1n) is 9.77. The molecule has 1 atom stereocenters. The zero-order valence-corrected chi connectivity index (χ0v) is 18.7. The van der Waals surface area contributed by atoms with E-state index < -0.39 is 28.8 Å². The lowest BCUT2D eigenvalue weighted by atomic mass is 10.2. The highest BCUT2D eigenvalue weighted by atomic mass is 32.2. The van der Waals surface area contributed by atoms with Crippen LogP contribution in [-0.2, 0) is 23.1 Å². The van der Waals surface area contributed by atoms with Gasteiger partial charge in [0.15, 0.2) is 0 Å². The van der Waals surface area contributed by atoms with Crippen LogP contribution in [0.15, 0.2) is 53.6 Å². The number of para-hydroxylation sites is 1. The van der Waals surface area contributed by atoms with Crippen molar-refractivity contribution in [1.82, 2.24) is 14.2 Å². The Bertz CT molecular complexity index is 1160. The maximum atomic E-state index is 13.9. The van der Waals surface area contributed by atoms with E-state index in [0.717, 1.165) is 10.9 Å². The molecule has 1 aromatic heterocycles. The second-order valence-corrected chi connectivity index (χ2v) is 9.65. The highest BCUT2D eigenvalue weighted by Gasteiger charge is 2.43. The normalized spacial score (nSPS) is 13.8. The summed E-state index contributed by atoms with van der Waals surface area (Å²) in [5.41, 5.74) is 2.29. The molecule has 5 nitrogen and oxygen atoms in total. The predicted octanol–water partition coefficient (Wildman–Crippen LogP) is 4.23. The molecular weight excluding hydrogens is 427 g/mol. The van der Waals surface area contributed by atoms with Crippen LogP contribution in [0, 0.1) is 13.8 Å². The van der Waals surface area contributed by atoms with E-state index in [0.29, 0.717) is 23.2 Å². The second-order valence-electron chi connectivity index (χ2n) is 8.00. The number of nitrogens with zero attached hydrogens (tertiary/aromatic N) is 2. The van der Waals surface area contributed by atoms with Gasteiger partial charge in [0.05, 0.1) is 4.90 Å². The highest BCUT2D eigenvalue weighted by molar-refractivity contribution is 7.89. The lowest BCUT2D eigenvalue weighted by Gasteiger charge is -2.23. The minimum absolute atomic E-state index is 0.116. The van der Waals surface area contributed by atoms with Crippen LogP contribution in [0.4, 0.5) is 13.2 Å². The van der Waals surface area contributed by atoms with Crippen LogP contribution < -0.4 is 4.72 Å². The van der Waals surface area contributed by atoms with Crippen LogP contribution in [0.5, 0.6) is 0 Å². The number of alkyl halides is 3. The molecule has 31 heavy (non-hydrogen) atoms. The van der Waals surface area contributed by atoms with Crippen molar-refractivity contribution in [1.29, 1.82) is 0 Å². The summed E-state index contributed by atoms with van der Waals surface area (Å²) in [7, 11) is -0.625. The van der Waals surface area contributed by atoms with Crippen LogP contribution in [0.2, 0.25) is 0 Å². The number of aryl methyl sites for hydroxylation is 2. The molecule has 0 radical (unpaired) electrons. The Morgan fingerprint density at radius 2 is 1.65 bits per heavy atom. The van der Waals surface area contributed by atoms with Crippen molar-refractivity contribution in [2.75, 3.05) is 14.1 Å². The van der Waals surface area contributed by atoms with E-state index in [-0.39, 0.29) is 4.90 Å². The molecule has 0 aliphatic carbocycles. The first-order valence-corrected chi connectivity index (χ1v) is 11.2. The second kappa shape index (κ2) is 8.64. The van der Waals surface area contributed by atoms with Crippen LogP contribution in [0.3, 0.4) is 0 Å². The number of halogens is 3. The standard InChI is InChI=1S/C22H26F3N3O2S/c1-15-8-7-9-16(2)21(15)31(29,30)26-20(22(23,24)25)14-28-13-17(12-27(3)4)18-10-5-6-11-19(18)28/h5-11,13,20,26H,12,14H2,1-4H3. The van der Waals surface area contributed by atoms with Gasteiger partial charge in [0.25, 0.3) is 0 Å². The van der Waals surface area contributed by atoms with Crippen molar-refractivity contribution >= 4 is 20.9 Å². The SMILES string of the molecule is Cc1cccc(C)c1S(=O)(=O)NC(Cn1cc(CN(C)C)c2ccccc21)C(F)(F)F. The molecule has 0 aliphatic rings. The molecule has 0 bridgehead atoms. The minimum Gasteiger partial charge on any atom is -0.345 e. The van der Waals surface area contributed by atoms with Gasteiger partial charge >= 0.3 is 6.18 Å². The molecule has 168 valence electrons. The first-order chi connectivity index (χ1) is 14.4. The van der Waals surface area contributed by atoms with Gasteiger partial charge in [-0.2, -0.15) is 17.9 Å². The summed E-state index contributed by atoms with van der Waals surface area (Å²) in [5, 5.41) is 0.842. The van der Waals surface area contributed by atoms with Crippen LogP contribution in [-0.4, -0.2) is 44.2 Å². The van der Waals surface area contributed by atoms with Crippen molar-refractivity contribution < 1.29 is 21.6 Å². The Kier molecular flexibility index (Phi) is 6.50. The topological polar surface area (TPSA) is 54.3 Å². The van der Waals surface area contributed by atoms with E-state index in [1.165, 1.54) is 4.57 Å². The fourth-order valence-corrected chi connectivity index (χ4v) is 5.50. The lowest BCUT2D eigenvalue weighted by Crippen LogP contribution is -2.48. The zero-order valence-electron chi connectivity index (χ0n) is 17.9. The van der Waals surface area contributed by atoms with Crippen molar-refractivity contribution in [2.24, 2.45) is 0 Å². The Morgan fingerprint density at radius 1 is 1.03 bits per heavy atom. The molecule has 1 unspecified atom stereocenters. The van der Waals surface area contributed by atoms with E-state index in [4.69, 9.17) is 0 Å². The van der Waals surface area contributed by atoms with Gasteiger partial charge in [-0.25, -0.2) is 8.42 Å². The van der Waals surface area contributed by atoms with E-state index in [1.807, 2.05) is 35.9 Å². The summed E-state index contributed by atoms with van der Waals surface area (Å²) in [6, 6.07) is 9.70. The molecule has 0 fully saturated rings.